The quantitative estimate of drug-likeness (QED) is 0.668. The number of ether oxygens (including phenoxy) is 2. The molecule has 4 rings (SSSR count). The Morgan fingerprint density at radius 1 is 1.31 bits per heavy atom. The second kappa shape index (κ2) is 7.22. The van der Waals surface area contributed by atoms with Gasteiger partial charge in [-0.2, -0.15) is 0 Å². The third-order valence-corrected chi connectivity index (χ3v) is 5.68. The fourth-order valence-corrected chi connectivity index (χ4v) is 4.49. The van der Waals surface area contributed by atoms with Gasteiger partial charge >= 0.3 is 0 Å². The van der Waals surface area contributed by atoms with Crippen LogP contribution in [0, 0.1) is 19.8 Å². The highest BCUT2D eigenvalue weighted by Crippen LogP contribution is 2.49. The molecule has 0 spiro atoms. The van der Waals surface area contributed by atoms with E-state index in [1.807, 2.05) is 64.1 Å². The number of thiocarbonyl (C=S) groups is 1. The van der Waals surface area contributed by atoms with Gasteiger partial charge in [0, 0.05) is 11.3 Å². The molecule has 2 aromatic rings. The summed E-state index contributed by atoms with van der Waals surface area (Å²) in [5, 5.41) is 9.95. The first-order valence-corrected chi connectivity index (χ1v) is 10.1. The van der Waals surface area contributed by atoms with E-state index >= 15 is 0 Å². The first kappa shape index (κ1) is 19.5. The first-order valence-electron chi connectivity index (χ1n) is 9.74. The lowest BCUT2D eigenvalue weighted by atomic mass is 9.79. The van der Waals surface area contributed by atoms with Gasteiger partial charge in [0.25, 0.3) is 0 Å². The maximum absolute atomic E-state index is 13.4. The van der Waals surface area contributed by atoms with Crippen molar-refractivity contribution in [2.24, 2.45) is 5.92 Å². The van der Waals surface area contributed by atoms with E-state index in [1.54, 1.807) is 0 Å². The summed E-state index contributed by atoms with van der Waals surface area (Å²) in [6.07, 6.45) is 0. The lowest BCUT2D eigenvalue weighted by molar-refractivity contribution is -0.132. The zero-order valence-corrected chi connectivity index (χ0v) is 17.8. The molecule has 152 valence electrons. The van der Waals surface area contributed by atoms with Crippen LogP contribution in [-0.4, -0.2) is 23.4 Å². The summed E-state index contributed by atoms with van der Waals surface area (Å²) in [4.78, 5) is 13.4. The Labute approximate surface area is 176 Å². The van der Waals surface area contributed by atoms with Crippen molar-refractivity contribution in [3.63, 3.8) is 0 Å². The standard InChI is InChI=1S/C22H25N3O3S/c1-5-27-16-8-6-7-14-18-17(22(4,28-19(14)16)25-21(29)24-18)20(26)23-15-10-9-12(2)11-13(15)3/h6-11,17-18H,5H2,1-4H3,(H,23,26)(H2,24,25,29)/t17-,18-,22+/m1/s1. The molecule has 2 aliphatic rings. The number of aryl methyl sites for hydroxylation is 2. The number of hydrogen-bond acceptors (Lipinski definition) is 4. The molecule has 1 amide bonds. The maximum atomic E-state index is 13.4. The van der Waals surface area contributed by atoms with E-state index in [0.717, 1.165) is 22.4 Å². The summed E-state index contributed by atoms with van der Waals surface area (Å²) < 4.78 is 12.1. The van der Waals surface area contributed by atoms with E-state index in [1.165, 1.54) is 0 Å². The number of nitrogens with one attached hydrogen (secondary N) is 3. The highest BCUT2D eigenvalue weighted by molar-refractivity contribution is 7.80. The number of para-hydroxylation sites is 1. The third-order valence-electron chi connectivity index (χ3n) is 5.46. The van der Waals surface area contributed by atoms with Crippen LogP contribution in [0.4, 0.5) is 5.69 Å². The molecule has 6 nitrogen and oxygen atoms in total. The molecular weight excluding hydrogens is 386 g/mol. The van der Waals surface area contributed by atoms with Gasteiger partial charge in [0.2, 0.25) is 5.91 Å². The van der Waals surface area contributed by atoms with E-state index < -0.39 is 11.6 Å². The highest BCUT2D eigenvalue weighted by atomic mass is 32.1. The van der Waals surface area contributed by atoms with Gasteiger partial charge in [-0.15, -0.1) is 0 Å². The lowest BCUT2D eigenvalue weighted by Gasteiger charge is -2.50. The Balaban J connectivity index is 1.73. The average Bonchev–Trinajstić information content (AvgIpc) is 2.64. The second-order valence-electron chi connectivity index (χ2n) is 7.68. The largest absolute Gasteiger partial charge is 0.490 e. The summed E-state index contributed by atoms with van der Waals surface area (Å²) in [5.41, 5.74) is 2.81. The van der Waals surface area contributed by atoms with E-state index in [0.29, 0.717) is 23.2 Å². The average molecular weight is 412 g/mol. The molecule has 29 heavy (non-hydrogen) atoms. The Morgan fingerprint density at radius 3 is 2.83 bits per heavy atom. The molecule has 0 unspecified atom stereocenters. The monoisotopic (exact) mass is 411 g/mol. The molecule has 0 radical (unpaired) electrons. The van der Waals surface area contributed by atoms with Crippen molar-refractivity contribution in [2.45, 2.75) is 39.5 Å². The predicted octanol–water partition coefficient (Wildman–Crippen LogP) is 3.58. The highest BCUT2D eigenvalue weighted by Gasteiger charge is 2.55. The van der Waals surface area contributed by atoms with Gasteiger partial charge in [0.05, 0.1) is 12.6 Å². The van der Waals surface area contributed by atoms with Crippen molar-refractivity contribution in [1.82, 2.24) is 10.6 Å². The van der Waals surface area contributed by atoms with Crippen LogP contribution >= 0.6 is 12.2 Å². The zero-order valence-electron chi connectivity index (χ0n) is 17.0. The molecule has 7 heteroatoms. The molecule has 0 saturated carbocycles. The Kier molecular flexibility index (Phi) is 4.86. The molecular formula is C22H25N3O3S. The molecule has 2 aromatic carbocycles. The summed E-state index contributed by atoms with van der Waals surface area (Å²) in [5.74, 6) is 0.615. The molecule has 2 bridgehead atoms. The van der Waals surface area contributed by atoms with Gasteiger partial charge in [0.1, 0.15) is 5.92 Å². The van der Waals surface area contributed by atoms with Crippen molar-refractivity contribution in [1.29, 1.82) is 0 Å². The minimum Gasteiger partial charge on any atom is -0.490 e. The number of amides is 1. The molecule has 2 heterocycles. The molecule has 3 N–H and O–H groups in total. The van der Waals surface area contributed by atoms with Crippen LogP contribution < -0.4 is 25.4 Å². The van der Waals surface area contributed by atoms with Gasteiger partial charge in [0.15, 0.2) is 22.3 Å². The smallest absolute Gasteiger partial charge is 0.236 e. The van der Waals surface area contributed by atoms with Crippen molar-refractivity contribution in [3.05, 3.63) is 53.1 Å². The minimum atomic E-state index is -1.00. The van der Waals surface area contributed by atoms with Crippen LogP contribution in [0.2, 0.25) is 0 Å². The Hall–Kier alpha value is -2.80. The zero-order chi connectivity index (χ0) is 20.8. The second-order valence-corrected chi connectivity index (χ2v) is 8.09. The lowest BCUT2D eigenvalue weighted by Crippen LogP contribution is -2.70. The van der Waals surface area contributed by atoms with Gasteiger partial charge < -0.3 is 25.4 Å². The van der Waals surface area contributed by atoms with E-state index in [-0.39, 0.29) is 11.9 Å². The molecule has 1 fully saturated rings. The summed E-state index contributed by atoms with van der Waals surface area (Å²) in [6, 6.07) is 11.3. The maximum Gasteiger partial charge on any atom is 0.236 e. The predicted molar refractivity (Wildman–Crippen MR) is 116 cm³/mol. The van der Waals surface area contributed by atoms with Gasteiger partial charge in [-0.05, 0) is 57.6 Å². The molecule has 0 aromatic heterocycles. The fraction of sp³-hybridized carbons (Fsp3) is 0.364. The molecule has 1 saturated heterocycles. The van der Waals surface area contributed by atoms with Crippen LogP contribution in [0.1, 0.15) is 36.6 Å². The number of benzene rings is 2. The Bertz CT molecular complexity index is 993. The number of anilines is 1. The van der Waals surface area contributed by atoms with Crippen molar-refractivity contribution < 1.29 is 14.3 Å². The van der Waals surface area contributed by atoms with Gasteiger partial charge in [-0.25, -0.2) is 0 Å². The molecule has 3 atom stereocenters. The molecule has 2 aliphatic heterocycles. The topological polar surface area (TPSA) is 71.6 Å². The van der Waals surface area contributed by atoms with E-state index in [2.05, 4.69) is 16.0 Å². The number of rotatable bonds is 4. The van der Waals surface area contributed by atoms with Crippen LogP contribution in [0.15, 0.2) is 36.4 Å². The van der Waals surface area contributed by atoms with E-state index in [9.17, 15) is 4.79 Å². The van der Waals surface area contributed by atoms with Crippen LogP contribution in [0.3, 0.4) is 0 Å². The minimum absolute atomic E-state index is 0.139. The summed E-state index contributed by atoms with van der Waals surface area (Å²) in [6.45, 7) is 8.32. The summed E-state index contributed by atoms with van der Waals surface area (Å²) >= 11 is 5.38. The van der Waals surface area contributed by atoms with Gasteiger partial charge in [-0.3, -0.25) is 4.79 Å². The number of hydrogen-bond donors (Lipinski definition) is 3. The first-order chi connectivity index (χ1) is 13.8. The number of carbonyl (C=O) groups is 1. The van der Waals surface area contributed by atoms with E-state index in [4.69, 9.17) is 21.7 Å². The van der Waals surface area contributed by atoms with Crippen molar-refractivity contribution >= 4 is 28.9 Å². The van der Waals surface area contributed by atoms with Crippen molar-refractivity contribution in [3.8, 4) is 11.5 Å². The number of fused-ring (bicyclic) bond motifs is 4. The summed E-state index contributed by atoms with van der Waals surface area (Å²) in [7, 11) is 0. The molecule has 0 aliphatic carbocycles. The van der Waals surface area contributed by atoms with Crippen molar-refractivity contribution in [2.75, 3.05) is 11.9 Å². The number of carbonyl (C=O) groups excluding carboxylic acids is 1. The van der Waals surface area contributed by atoms with Crippen LogP contribution in [0.5, 0.6) is 11.5 Å². The Morgan fingerprint density at radius 2 is 2.10 bits per heavy atom. The van der Waals surface area contributed by atoms with Gasteiger partial charge in [-0.1, -0.05) is 29.8 Å². The van der Waals surface area contributed by atoms with Crippen LogP contribution in [0.25, 0.3) is 0 Å². The normalized spacial score (nSPS) is 24.5. The van der Waals surface area contributed by atoms with Crippen LogP contribution in [-0.2, 0) is 4.79 Å². The fourth-order valence-electron chi connectivity index (χ4n) is 4.16. The SMILES string of the molecule is CCOc1cccc2c1O[C@]1(C)NC(=S)N[C@H]2[C@@H]1C(=O)Nc1ccc(C)cc1C. The third kappa shape index (κ3) is 3.40.